The third-order valence-electron chi connectivity index (χ3n) is 4.72. The molecule has 126 valence electrons. The number of rotatable bonds is 6. The lowest BCUT2D eigenvalue weighted by Crippen LogP contribution is -2.68. The van der Waals surface area contributed by atoms with Crippen LogP contribution in [0, 0.1) is 0 Å². The Morgan fingerprint density at radius 2 is 1.83 bits per heavy atom. The van der Waals surface area contributed by atoms with Crippen LogP contribution in [0.4, 0.5) is 0 Å². The van der Waals surface area contributed by atoms with Crippen LogP contribution in [0.2, 0.25) is 0 Å². The van der Waals surface area contributed by atoms with E-state index in [1.165, 1.54) is 6.92 Å². The Balaban J connectivity index is 2.27. The minimum absolute atomic E-state index is 0.0544. The highest BCUT2D eigenvalue weighted by atomic mass is 16.3. The normalized spacial score (nSPS) is 23.3. The van der Waals surface area contributed by atoms with Crippen LogP contribution in [0.5, 0.6) is 0 Å². The number of likely N-dealkylation sites (tertiary alicyclic amines) is 1. The fraction of sp³-hybridized carbons (Fsp3) is 0.556. The van der Waals surface area contributed by atoms with E-state index in [0.717, 1.165) is 5.56 Å². The maximum Gasteiger partial charge on any atom is 0.222 e. The van der Waals surface area contributed by atoms with Crippen molar-refractivity contribution >= 4 is 11.8 Å². The van der Waals surface area contributed by atoms with Crippen LogP contribution in [0.1, 0.15) is 38.7 Å². The van der Waals surface area contributed by atoms with E-state index in [0.29, 0.717) is 19.5 Å². The summed E-state index contributed by atoms with van der Waals surface area (Å²) in [7, 11) is 0. The molecule has 23 heavy (non-hydrogen) atoms. The molecule has 0 saturated carbocycles. The monoisotopic (exact) mass is 318 g/mol. The number of carbonyl (C=O) groups excluding carboxylic acids is 2. The molecular weight excluding hydrogens is 292 g/mol. The largest absolute Gasteiger partial charge is 0.394 e. The SMILES string of the molecule is CCC(=O)N(CC)C[C@@H]1[C@@H](c2ccccc2)[C@H](CO)N1C(C)=O. The van der Waals surface area contributed by atoms with E-state index in [1.54, 1.807) is 9.80 Å². The van der Waals surface area contributed by atoms with E-state index in [1.807, 2.05) is 44.2 Å². The first-order valence-corrected chi connectivity index (χ1v) is 8.27. The molecule has 1 aromatic rings. The van der Waals surface area contributed by atoms with Crippen molar-refractivity contribution in [3.05, 3.63) is 35.9 Å². The third-order valence-corrected chi connectivity index (χ3v) is 4.72. The van der Waals surface area contributed by atoms with Gasteiger partial charge >= 0.3 is 0 Å². The number of carbonyl (C=O) groups is 2. The number of hydrogen-bond acceptors (Lipinski definition) is 3. The highest BCUT2D eigenvalue weighted by molar-refractivity contribution is 5.77. The van der Waals surface area contributed by atoms with Crippen molar-refractivity contribution in [1.29, 1.82) is 0 Å². The Kier molecular flexibility index (Phi) is 5.77. The smallest absolute Gasteiger partial charge is 0.222 e. The van der Waals surface area contributed by atoms with E-state index < -0.39 is 0 Å². The summed E-state index contributed by atoms with van der Waals surface area (Å²) in [5.74, 6) is 0.0975. The van der Waals surface area contributed by atoms with Gasteiger partial charge in [-0.3, -0.25) is 9.59 Å². The molecule has 1 saturated heterocycles. The Morgan fingerprint density at radius 3 is 2.30 bits per heavy atom. The molecule has 1 fully saturated rings. The van der Waals surface area contributed by atoms with Gasteiger partial charge in [-0.15, -0.1) is 0 Å². The van der Waals surface area contributed by atoms with E-state index in [4.69, 9.17) is 0 Å². The van der Waals surface area contributed by atoms with Gasteiger partial charge in [0.25, 0.3) is 0 Å². The second-order valence-electron chi connectivity index (χ2n) is 5.97. The zero-order chi connectivity index (χ0) is 17.0. The molecule has 0 unspecified atom stereocenters. The number of aliphatic hydroxyl groups excluding tert-OH is 1. The molecule has 1 aliphatic heterocycles. The lowest BCUT2D eigenvalue weighted by Gasteiger charge is -2.55. The van der Waals surface area contributed by atoms with E-state index >= 15 is 0 Å². The van der Waals surface area contributed by atoms with Gasteiger partial charge in [-0.2, -0.15) is 0 Å². The first kappa shape index (κ1) is 17.5. The summed E-state index contributed by atoms with van der Waals surface area (Å²) in [6, 6.07) is 9.63. The average molecular weight is 318 g/mol. The van der Waals surface area contributed by atoms with Crippen molar-refractivity contribution in [2.45, 2.75) is 45.2 Å². The van der Waals surface area contributed by atoms with Gasteiger partial charge in [0.05, 0.1) is 18.7 Å². The first-order chi connectivity index (χ1) is 11.0. The molecular formula is C18H26N2O3. The number of benzene rings is 1. The standard InChI is InChI=1S/C18H26N2O3/c1-4-17(23)19(5-2)11-15-18(14-9-7-6-8-10-14)16(12-21)20(15)13(3)22/h6-10,15-16,18,21H,4-5,11-12H2,1-3H3/t15-,16+,18-/m1/s1. The molecule has 0 spiro atoms. The second-order valence-corrected chi connectivity index (χ2v) is 5.97. The van der Waals surface area contributed by atoms with Crippen LogP contribution in [0.15, 0.2) is 30.3 Å². The van der Waals surface area contributed by atoms with Crippen LogP contribution >= 0.6 is 0 Å². The minimum atomic E-state index is -0.213. The molecule has 5 heteroatoms. The van der Waals surface area contributed by atoms with E-state index in [2.05, 4.69) is 0 Å². The molecule has 1 heterocycles. The number of aliphatic hydroxyl groups is 1. The lowest BCUT2D eigenvalue weighted by molar-refractivity contribution is -0.152. The van der Waals surface area contributed by atoms with Crippen LogP contribution < -0.4 is 0 Å². The number of hydrogen-bond donors (Lipinski definition) is 1. The van der Waals surface area contributed by atoms with Crippen LogP contribution in [0.3, 0.4) is 0 Å². The lowest BCUT2D eigenvalue weighted by atomic mass is 9.74. The predicted octanol–water partition coefficient (Wildman–Crippen LogP) is 1.62. The van der Waals surface area contributed by atoms with Crippen molar-refractivity contribution in [1.82, 2.24) is 9.80 Å². The Hall–Kier alpha value is -1.88. The summed E-state index contributed by atoms with van der Waals surface area (Å²) in [4.78, 5) is 27.6. The topological polar surface area (TPSA) is 60.9 Å². The molecule has 2 amide bonds. The number of nitrogens with zero attached hydrogens (tertiary/aromatic N) is 2. The molecule has 0 aromatic heterocycles. The summed E-state index contributed by atoms with van der Waals surface area (Å²) in [6.45, 7) is 6.39. The van der Waals surface area contributed by atoms with Gasteiger partial charge in [0.2, 0.25) is 11.8 Å². The van der Waals surface area contributed by atoms with Crippen LogP contribution in [-0.2, 0) is 9.59 Å². The van der Waals surface area contributed by atoms with Crippen molar-refractivity contribution in [2.75, 3.05) is 19.7 Å². The van der Waals surface area contributed by atoms with Gasteiger partial charge in [0.15, 0.2) is 0 Å². The number of amides is 2. The molecule has 1 aromatic carbocycles. The van der Waals surface area contributed by atoms with Crippen molar-refractivity contribution in [3.63, 3.8) is 0 Å². The minimum Gasteiger partial charge on any atom is -0.394 e. The van der Waals surface area contributed by atoms with Crippen LogP contribution in [-0.4, -0.2) is 58.5 Å². The Morgan fingerprint density at radius 1 is 1.17 bits per heavy atom. The van der Waals surface area contributed by atoms with Gasteiger partial charge in [-0.25, -0.2) is 0 Å². The maximum atomic E-state index is 12.1. The highest BCUT2D eigenvalue weighted by Crippen LogP contribution is 2.41. The highest BCUT2D eigenvalue weighted by Gasteiger charge is 2.50. The quantitative estimate of drug-likeness (QED) is 0.867. The molecule has 0 aliphatic carbocycles. The van der Waals surface area contributed by atoms with Crippen molar-refractivity contribution in [2.24, 2.45) is 0 Å². The summed E-state index contributed by atoms with van der Waals surface area (Å²) in [5, 5.41) is 9.73. The summed E-state index contributed by atoms with van der Waals surface area (Å²) in [6.07, 6.45) is 0.458. The van der Waals surface area contributed by atoms with Gasteiger partial charge in [-0.1, -0.05) is 37.3 Å². The molecule has 0 bridgehead atoms. The van der Waals surface area contributed by atoms with E-state index in [-0.39, 0.29) is 36.4 Å². The van der Waals surface area contributed by atoms with Crippen molar-refractivity contribution < 1.29 is 14.7 Å². The maximum absolute atomic E-state index is 12.1. The van der Waals surface area contributed by atoms with E-state index in [9.17, 15) is 14.7 Å². The fourth-order valence-electron chi connectivity index (χ4n) is 3.59. The van der Waals surface area contributed by atoms with Gasteiger partial charge in [0.1, 0.15) is 0 Å². The third kappa shape index (κ3) is 3.39. The van der Waals surface area contributed by atoms with Gasteiger partial charge in [0, 0.05) is 32.4 Å². The summed E-state index contributed by atoms with van der Waals surface area (Å²) >= 11 is 0. The molecule has 2 rings (SSSR count). The molecule has 1 aliphatic rings. The molecule has 3 atom stereocenters. The zero-order valence-electron chi connectivity index (χ0n) is 14.1. The molecule has 0 radical (unpaired) electrons. The van der Waals surface area contributed by atoms with Crippen molar-refractivity contribution in [3.8, 4) is 0 Å². The second kappa shape index (κ2) is 7.59. The van der Waals surface area contributed by atoms with Crippen LogP contribution in [0.25, 0.3) is 0 Å². The fourth-order valence-corrected chi connectivity index (χ4v) is 3.59. The first-order valence-electron chi connectivity index (χ1n) is 8.27. The van der Waals surface area contributed by atoms with Gasteiger partial charge in [-0.05, 0) is 12.5 Å². The van der Waals surface area contributed by atoms with Gasteiger partial charge < -0.3 is 14.9 Å². The predicted molar refractivity (Wildman–Crippen MR) is 88.9 cm³/mol. The Bertz CT molecular complexity index is 546. The number of likely N-dealkylation sites (N-methyl/N-ethyl adjacent to an activating group) is 1. The molecule has 1 N–H and O–H groups in total. The average Bonchev–Trinajstić information content (AvgIpc) is 2.54. The zero-order valence-corrected chi connectivity index (χ0v) is 14.1. The molecule has 5 nitrogen and oxygen atoms in total. The summed E-state index contributed by atoms with van der Waals surface area (Å²) < 4.78 is 0. The summed E-state index contributed by atoms with van der Waals surface area (Å²) in [5.41, 5.74) is 1.11. The Labute approximate surface area is 137 Å².